The molecule has 0 aliphatic carbocycles. The molecular weight excluding hydrogens is 1060 g/mol. The molecule has 9 nitrogen and oxygen atoms in total. The topological polar surface area (TPSA) is 100 Å². The number of benzene rings is 10. The summed E-state index contributed by atoms with van der Waals surface area (Å²) in [7, 11) is 4.38. The van der Waals surface area contributed by atoms with E-state index in [1.165, 1.54) is 27.8 Å². The normalized spacial score (nSPS) is 11.3. The zero-order valence-electron chi connectivity index (χ0n) is 49.6. The Hall–Kier alpha value is -9.89. The maximum Gasteiger partial charge on any atom is 0.248 e. The predicted octanol–water partition coefficient (Wildman–Crippen LogP) is 18.5. The van der Waals surface area contributed by atoms with E-state index in [0.29, 0.717) is 11.8 Å². The molecule has 0 saturated carbocycles. The van der Waals surface area contributed by atoms with E-state index in [2.05, 4.69) is 247 Å². The summed E-state index contributed by atoms with van der Waals surface area (Å²) in [6.07, 6.45) is 0. The molecule has 1 atom stereocenters. The van der Waals surface area contributed by atoms with Gasteiger partial charge in [-0.1, -0.05) is 272 Å². The van der Waals surface area contributed by atoms with E-state index in [1.807, 2.05) is 121 Å². The van der Waals surface area contributed by atoms with Crippen molar-refractivity contribution in [3.05, 3.63) is 290 Å². The molecule has 3 heterocycles. The van der Waals surface area contributed by atoms with Gasteiger partial charge in [0.05, 0.1) is 7.57 Å². The van der Waals surface area contributed by atoms with Crippen molar-refractivity contribution in [1.82, 2.24) is 39.7 Å². The second kappa shape index (κ2) is 27.0. The molecule has 0 aliphatic heterocycles. The summed E-state index contributed by atoms with van der Waals surface area (Å²) < 4.78 is 16.2. The Morgan fingerprint density at radius 3 is 0.800 bits per heavy atom. The maximum atomic E-state index is 6.01. The molecule has 2 radical (unpaired) electrons. The van der Waals surface area contributed by atoms with Gasteiger partial charge in [0.2, 0.25) is 11.8 Å². The summed E-state index contributed by atoms with van der Waals surface area (Å²) in [5.74, 6) is 4.42. The van der Waals surface area contributed by atoms with Crippen LogP contribution in [0.3, 0.4) is 0 Å². The van der Waals surface area contributed by atoms with Crippen LogP contribution in [0.4, 0.5) is 0 Å². The van der Waals surface area contributed by atoms with Crippen LogP contribution in [0.2, 0.25) is 0 Å². The SMILES string of the molecule is CC(C)(C)c1ccc(-c2nnc(-c3ccc(-c4ccccc4)cc3)n2-c2ccccc2)cc1.CC(C)(C)c1ccc(-c2nnc(-c3ccc(-c4ccccc4)cc3)o2)cc1.[2H]P[B].c1ccc(-c2nnc(-c3ccccc3)n2-c2ccccc2)cc1. The molecule has 1 unspecified atom stereocenters. The van der Waals surface area contributed by atoms with E-state index in [9.17, 15) is 0 Å². The summed E-state index contributed by atoms with van der Waals surface area (Å²) in [6.45, 7) is 13.3. The molecule has 416 valence electrons. The quantitative estimate of drug-likeness (QED) is 0.0993. The Morgan fingerprint density at radius 1 is 0.294 bits per heavy atom. The van der Waals surface area contributed by atoms with Crippen LogP contribution >= 0.6 is 9.06 Å². The first-order valence-corrected chi connectivity index (χ1v) is 28.8. The van der Waals surface area contributed by atoms with Gasteiger partial charge in [-0.3, -0.25) is 9.13 Å². The van der Waals surface area contributed by atoms with E-state index in [4.69, 9.17) is 5.70 Å². The van der Waals surface area contributed by atoms with Crippen LogP contribution in [0.15, 0.2) is 283 Å². The van der Waals surface area contributed by atoms with Crippen LogP contribution in [-0.2, 0) is 10.8 Å². The van der Waals surface area contributed by atoms with Gasteiger partial charge in [0.1, 0.15) is 0 Å². The third-order valence-corrected chi connectivity index (χ3v) is 14.3. The minimum absolute atomic E-state index is 0.108. The van der Waals surface area contributed by atoms with Crippen molar-refractivity contribution in [3.8, 4) is 102 Å². The Labute approximate surface area is 504 Å². The zero-order valence-corrected chi connectivity index (χ0v) is 49.6. The lowest BCUT2D eigenvalue weighted by Gasteiger charge is -2.19. The summed E-state index contributed by atoms with van der Waals surface area (Å²) in [5, 5.41) is 26.6. The van der Waals surface area contributed by atoms with Crippen LogP contribution in [-0.4, -0.2) is 48.6 Å². The first-order valence-electron chi connectivity index (χ1n) is 28.7. The van der Waals surface area contributed by atoms with Gasteiger partial charge < -0.3 is 4.42 Å². The fourth-order valence-corrected chi connectivity index (χ4v) is 9.70. The molecule has 0 fully saturated rings. The van der Waals surface area contributed by atoms with Crippen molar-refractivity contribution in [3.63, 3.8) is 0 Å². The summed E-state index contributed by atoms with van der Waals surface area (Å²) >= 11 is 0. The second-order valence-corrected chi connectivity index (χ2v) is 22.2. The number of nitrogens with zero attached hydrogens (tertiary/aromatic N) is 8. The Kier molecular flexibility index (Phi) is 18.1. The molecule has 0 N–H and O–H groups in total. The minimum atomic E-state index is -0.167. The highest BCUT2D eigenvalue weighted by atomic mass is 31.0. The number of hydrogen-bond acceptors (Lipinski definition) is 7. The molecule has 0 bridgehead atoms. The lowest BCUT2D eigenvalue weighted by Crippen LogP contribution is -2.10. The fourth-order valence-electron chi connectivity index (χ4n) is 9.70. The highest BCUT2D eigenvalue weighted by Gasteiger charge is 2.21. The molecule has 3 aromatic heterocycles. The third kappa shape index (κ3) is 14.1. The van der Waals surface area contributed by atoms with Crippen molar-refractivity contribution >= 4 is 16.6 Å². The van der Waals surface area contributed by atoms with Gasteiger partial charge in [-0.15, -0.1) is 30.6 Å². The third-order valence-electron chi connectivity index (χ3n) is 14.3. The van der Waals surface area contributed by atoms with Crippen molar-refractivity contribution in [2.75, 3.05) is 0 Å². The first kappa shape index (κ1) is 57.0. The van der Waals surface area contributed by atoms with E-state index in [-0.39, 0.29) is 19.9 Å². The second-order valence-electron chi connectivity index (χ2n) is 22.2. The van der Waals surface area contributed by atoms with Gasteiger partial charge in [0, 0.05) is 46.0 Å². The average molecular weight is 1130 g/mol. The van der Waals surface area contributed by atoms with Crippen LogP contribution in [0.25, 0.3) is 102 Å². The van der Waals surface area contributed by atoms with Crippen LogP contribution < -0.4 is 0 Å². The standard InChI is InChI=1S/C30H27N3.C24H22N2O.C20H15N3.BH2P/c1-30(2,3)26-20-18-25(19-21-26)29-32-31-28(33(29)27-12-8-5-9-13-27)24-16-14-23(15-17-24)22-10-6-4-7-11-22;1-24(2,3)21-15-13-20(14-16-21)23-26-25-22(27-23)19-11-9-18(10-12-19)17-7-5-4-6-8-17;1-4-10-16(11-5-1)19-21-22-20(17-12-6-2-7-13-17)23(19)18-14-8-3-9-15-18;1-2/h4-21H,1-3H3;4-16H,1-3H3;1-15H;2H2/i;;;2D. The highest BCUT2D eigenvalue weighted by molar-refractivity contribution is 7.49. The molecular formula is C74H66BN8OP. The Balaban J connectivity index is 0.000000142. The van der Waals surface area contributed by atoms with Crippen molar-refractivity contribution in [2.45, 2.75) is 52.4 Å². The minimum Gasteiger partial charge on any atom is -0.416 e. The summed E-state index contributed by atoms with van der Waals surface area (Å²) in [6, 6.07) is 95.2. The molecule has 0 aliphatic rings. The van der Waals surface area contributed by atoms with E-state index in [0.717, 1.165) is 73.6 Å². The molecule has 0 saturated heterocycles. The maximum absolute atomic E-state index is 6.01. The zero-order chi connectivity index (χ0) is 59.9. The lowest BCUT2D eigenvalue weighted by molar-refractivity contribution is 0.582. The molecule has 11 heteroatoms. The van der Waals surface area contributed by atoms with Crippen molar-refractivity contribution in [2.24, 2.45) is 0 Å². The number of aromatic nitrogens is 8. The lowest BCUT2D eigenvalue weighted by atomic mass is 9.86. The van der Waals surface area contributed by atoms with Crippen molar-refractivity contribution < 1.29 is 4.42 Å². The molecule has 0 amide bonds. The summed E-state index contributed by atoms with van der Waals surface area (Å²) in [4.78, 5) is 0. The summed E-state index contributed by atoms with van der Waals surface area (Å²) in [5.41, 5.74) is 15.7. The Morgan fingerprint density at radius 2 is 0.506 bits per heavy atom. The number of hydrogen-bond donors (Lipinski definition) is 0. The van der Waals surface area contributed by atoms with E-state index < -0.39 is 0 Å². The molecule has 85 heavy (non-hydrogen) atoms. The van der Waals surface area contributed by atoms with Crippen LogP contribution in [0.1, 0.15) is 52.7 Å². The van der Waals surface area contributed by atoms with Crippen molar-refractivity contribution in [1.29, 1.82) is 1.28 Å². The monoisotopic (exact) mass is 1130 g/mol. The predicted molar refractivity (Wildman–Crippen MR) is 353 cm³/mol. The number of rotatable bonds is 10. The molecule has 0 spiro atoms. The van der Waals surface area contributed by atoms with Gasteiger partial charge >= 0.3 is 0 Å². The van der Waals surface area contributed by atoms with Gasteiger partial charge in [-0.2, -0.15) is 9.06 Å². The average Bonchev–Trinajstić information content (AvgIpc) is 2.53. The van der Waals surface area contributed by atoms with Gasteiger partial charge in [-0.05, 0) is 92.7 Å². The Bertz CT molecular complexity index is 4120. The van der Waals surface area contributed by atoms with Crippen LogP contribution in [0, 0.1) is 0 Å². The fraction of sp³-hybridized carbons (Fsp3) is 0.108. The van der Waals surface area contributed by atoms with Gasteiger partial charge in [0.25, 0.3) is 0 Å². The van der Waals surface area contributed by atoms with E-state index >= 15 is 0 Å². The molecule has 13 aromatic rings. The van der Waals surface area contributed by atoms with Gasteiger partial charge in [0.15, 0.2) is 23.3 Å². The number of para-hydroxylation sites is 2. The largest absolute Gasteiger partial charge is 0.416 e. The highest BCUT2D eigenvalue weighted by Crippen LogP contribution is 2.34. The molecule has 10 aromatic carbocycles. The van der Waals surface area contributed by atoms with E-state index in [1.54, 1.807) is 0 Å². The van der Waals surface area contributed by atoms with Gasteiger partial charge in [-0.25, -0.2) is 0 Å². The molecule has 13 rings (SSSR count). The smallest absolute Gasteiger partial charge is 0.248 e. The first-order chi connectivity index (χ1) is 41.9. The van der Waals surface area contributed by atoms with Crippen LogP contribution in [0.5, 0.6) is 0 Å².